The number of ether oxygens (including phenoxy) is 2. The van der Waals surface area contributed by atoms with Crippen molar-refractivity contribution in [2.75, 3.05) is 13.2 Å². The minimum Gasteiger partial charge on any atom is -0.459 e. The first-order valence-electron chi connectivity index (χ1n) is 8.90. The van der Waals surface area contributed by atoms with E-state index in [0.29, 0.717) is 19.6 Å². The molecule has 25 heavy (non-hydrogen) atoms. The summed E-state index contributed by atoms with van der Waals surface area (Å²) in [5, 5.41) is 0. The van der Waals surface area contributed by atoms with E-state index in [-0.39, 0.29) is 30.4 Å². The van der Waals surface area contributed by atoms with Crippen LogP contribution >= 0.6 is 0 Å². The summed E-state index contributed by atoms with van der Waals surface area (Å²) in [6, 6.07) is 9.83. The third-order valence-corrected chi connectivity index (χ3v) is 4.89. The van der Waals surface area contributed by atoms with Crippen LogP contribution < -0.4 is 0 Å². The fourth-order valence-electron chi connectivity index (χ4n) is 3.49. The predicted octanol–water partition coefficient (Wildman–Crippen LogP) is 3.10. The first-order chi connectivity index (χ1) is 11.7. The molecule has 3 atom stereocenters. The van der Waals surface area contributed by atoms with Gasteiger partial charge in [-0.05, 0) is 39.7 Å². The minimum absolute atomic E-state index is 0.00265. The van der Waals surface area contributed by atoms with Gasteiger partial charge in [0.1, 0.15) is 5.60 Å². The number of hydrogen-bond acceptors (Lipinski definition) is 4. The molecular formula is C20H27NO4. The average molecular weight is 345 g/mol. The first kappa shape index (κ1) is 17.9. The Labute approximate surface area is 149 Å². The van der Waals surface area contributed by atoms with Crippen LogP contribution in [0.15, 0.2) is 30.3 Å². The second-order valence-corrected chi connectivity index (χ2v) is 8.23. The topological polar surface area (TPSA) is 59.1 Å². The number of rotatable bonds is 5. The lowest BCUT2D eigenvalue weighted by molar-refractivity contribution is -0.168. The zero-order valence-electron chi connectivity index (χ0n) is 15.5. The Morgan fingerprint density at radius 2 is 2.00 bits per heavy atom. The molecule has 2 fully saturated rings. The van der Waals surface area contributed by atoms with E-state index in [1.54, 1.807) is 0 Å². The molecule has 1 aromatic carbocycles. The Morgan fingerprint density at radius 1 is 1.36 bits per heavy atom. The zero-order chi connectivity index (χ0) is 18.2. The summed E-state index contributed by atoms with van der Waals surface area (Å²) in [7, 11) is 0. The van der Waals surface area contributed by atoms with Crippen molar-refractivity contribution in [3.8, 4) is 0 Å². The molecule has 5 nitrogen and oxygen atoms in total. The SMILES string of the molecule is C[C@H](c1ccccc1)N1C[C@@](CC2CO2)(C(=O)OC(C)(C)C)CC1=O. The third-order valence-electron chi connectivity index (χ3n) is 4.89. The molecule has 2 heterocycles. The van der Waals surface area contributed by atoms with Crippen LogP contribution in [0.1, 0.15) is 52.1 Å². The number of nitrogens with zero attached hydrogens (tertiary/aromatic N) is 1. The Morgan fingerprint density at radius 3 is 2.56 bits per heavy atom. The van der Waals surface area contributed by atoms with Gasteiger partial charge >= 0.3 is 5.97 Å². The van der Waals surface area contributed by atoms with E-state index in [9.17, 15) is 9.59 Å². The largest absolute Gasteiger partial charge is 0.459 e. The molecular weight excluding hydrogens is 318 g/mol. The van der Waals surface area contributed by atoms with Gasteiger partial charge in [0.25, 0.3) is 0 Å². The van der Waals surface area contributed by atoms with Crippen LogP contribution in [-0.2, 0) is 19.1 Å². The van der Waals surface area contributed by atoms with E-state index in [0.717, 1.165) is 5.56 Å². The van der Waals surface area contributed by atoms with Crippen molar-refractivity contribution in [3.05, 3.63) is 35.9 Å². The minimum atomic E-state index is -0.811. The van der Waals surface area contributed by atoms with E-state index in [4.69, 9.17) is 9.47 Å². The highest BCUT2D eigenvalue weighted by molar-refractivity contribution is 5.90. The number of likely N-dealkylation sites (tertiary alicyclic amines) is 1. The molecule has 2 aliphatic rings. The number of carbonyl (C=O) groups excluding carboxylic acids is 2. The normalized spacial score (nSPS) is 27.3. The van der Waals surface area contributed by atoms with Crippen molar-refractivity contribution < 1.29 is 19.1 Å². The Bertz CT molecular complexity index is 647. The summed E-state index contributed by atoms with van der Waals surface area (Å²) in [4.78, 5) is 27.5. The lowest BCUT2D eigenvalue weighted by Gasteiger charge is -2.32. The lowest BCUT2D eigenvalue weighted by atomic mass is 9.82. The first-order valence-corrected chi connectivity index (χ1v) is 8.90. The highest BCUT2D eigenvalue weighted by Crippen LogP contribution is 2.43. The van der Waals surface area contributed by atoms with Crippen molar-refractivity contribution in [1.29, 1.82) is 0 Å². The quantitative estimate of drug-likeness (QED) is 0.608. The van der Waals surface area contributed by atoms with Crippen molar-refractivity contribution >= 4 is 11.9 Å². The number of epoxide rings is 1. The number of hydrogen-bond donors (Lipinski definition) is 0. The van der Waals surface area contributed by atoms with Crippen LogP contribution in [0.25, 0.3) is 0 Å². The van der Waals surface area contributed by atoms with Gasteiger partial charge in [-0.2, -0.15) is 0 Å². The Kier molecular flexibility index (Phi) is 4.62. The van der Waals surface area contributed by atoms with Crippen LogP contribution in [0.2, 0.25) is 0 Å². The molecule has 1 unspecified atom stereocenters. The van der Waals surface area contributed by atoms with Gasteiger partial charge in [0.2, 0.25) is 5.91 Å². The molecule has 1 amide bonds. The van der Waals surface area contributed by atoms with E-state index in [1.165, 1.54) is 0 Å². The summed E-state index contributed by atoms with van der Waals surface area (Å²) in [5.74, 6) is -0.283. The third kappa shape index (κ3) is 4.03. The molecule has 0 aromatic heterocycles. The summed E-state index contributed by atoms with van der Waals surface area (Å²) in [6.07, 6.45) is 0.803. The monoisotopic (exact) mass is 345 g/mol. The van der Waals surface area contributed by atoms with Crippen molar-refractivity contribution in [3.63, 3.8) is 0 Å². The molecule has 5 heteroatoms. The number of carbonyl (C=O) groups is 2. The summed E-state index contributed by atoms with van der Waals surface area (Å²) >= 11 is 0. The Balaban J connectivity index is 1.82. The summed E-state index contributed by atoms with van der Waals surface area (Å²) < 4.78 is 11.0. The van der Waals surface area contributed by atoms with Gasteiger partial charge in [0, 0.05) is 13.0 Å². The average Bonchev–Trinajstić information content (AvgIpc) is 3.27. The van der Waals surface area contributed by atoms with Crippen LogP contribution in [0.3, 0.4) is 0 Å². The van der Waals surface area contributed by atoms with Gasteiger partial charge in [-0.3, -0.25) is 9.59 Å². The van der Waals surface area contributed by atoms with E-state index in [2.05, 4.69) is 0 Å². The molecule has 3 rings (SSSR count). The van der Waals surface area contributed by atoms with Crippen LogP contribution in [0, 0.1) is 5.41 Å². The Hall–Kier alpha value is -1.88. The molecule has 0 spiro atoms. The second-order valence-electron chi connectivity index (χ2n) is 8.23. The molecule has 0 N–H and O–H groups in total. The summed E-state index contributed by atoms with van der Waals surface area (Å²) in [6.45, 7) is 8.61. The van der Waals surface area contributed by atoms with Crippen molar-refractivity contribution in [2.24, 2.45) is 5.41 Å². The van der Waals surface area contributed by atoms with Gasteiger partial charge in [0.05, 0.1) is 24.2 Å². The second kappa shape index (κ2) is 6.45. The molecule has 0 radical (unpaired) electrons. The van der Waals surface area contributed by atoms with E-state index in [1.807, 2.05) is 62.9 Å². The molecule has 1 aromatic rings. The van der Waals surface area contributed by atoms with Gasteiger partial charge in [-0.15, -0.1) is 0 Å². The smallest absolute Gasteiger partial charge is 0.315 e. The maximum absolute atomic E-state index is 12.9. The molecule has 136 valence electrons. The molecule has 2 aliphatic heterocycles. The molecule has 0 aliphatic carbocycles. The number of esters is 1. The standard InChI is InChI=1S/C20H27NO4/c1-14(15-8-6-5-7-9-15)21-13-20(11-17(21)22,10-16-12-24-16)18(23)25-19(2,3)4/h5-9,14,16H,10-13H2,1-4H3/t14-,16?,20+/m1/s1. The highest BCUT2D eigenvalue weighted by atomic mass is 16.6. The lowest BCUT2D eigenvalue weighted by Crippen LogP contribution is -2.41. The van der Waals surface area contributed by atoms with Crippen molar-refractivity contribution in [1.82, 2.24) is 4.90 Å². The summed E-state index contributed by atoms with van der Waals surface area (Å²) in [5.41, 5.74) is -0.316. The highest BCUT2D eigenvalue weighted by Gasteiger charge is 2.54. The number of benzene rings is 1. The van der Waals surface area contributed by atoms with Gasteiger partial charge in [-0.25, -0.2) is 0 Å². The zero-order valence-corrected chi connectivity index (χ0v) is 15.5. The maximum Gasteiger partial charge on any atom is 0.315 e. The van der Waals surface area contributed by atoms with E-state index >= 15 is 0 Å². The van der Waals surface area contributed by atoms with Crippen LogP contribution in [0.5, 0.6) is 0 Å². The van der Waals surface area contributed by atoms with Gasteiger partial charge in [-0.1, -0.05) is 30.3 Å². The van der Waals surface area contributed by atoms with E-state index < -0.39 is 11.0 Å². The number of amides is 1. The van der Waals surface area contributed by atoms with Crippen molar-refractivity contribution in [2.45, 2.75) is 58.3 Å². The van der Waals surface area contributed by atoms with Gasteiger partial charge < -0.3 is 14.4 Å². The molecule has 0 bridgehead atoms. The molecule has 0 saturated carbocycles. The predicted molar refractivity (Wildman–Crippen MR) is 93.8 cm³/mol. The van der Waals surface area contributed by atoms with Gasteiger partial charge in [0.15, 0.2) is 0 Å². The van der Waals surface area contributed by atoms with Crippen LogP contribution in [0.4, 0.5) is 0 Å². The maximum atomic E-state index is 12.9. The fraction of sp³-hybridized carbons (Fsp3) is 0.600. The molecule has 2 saturated heterocycles. The fourth-order valence-corrected chi connectivity index (χ4v) is 3.49. The van der Waals surface area contributed by atoms with Crippen LogP contribution in [-0.4, -0.2) is 41.6 Å².